The van der Waals surface area contributed by atoms with E-state index in [1.54, 1.807) is 18.5 Å². The first-order chi connectivity index (χ1) is 13.3. The summed E-state index contributed by atoms with van der Waals surface area (Å²) in [6.07, 6.45) is 5.82. The average molecular weight is 381 g/mol. The summed E-state index contributed by atoms with van der Waals surface area (Å²) in [7, 11) is 0. The molecule has 1 N–H and O–H groups in total. The Morgan fingerprint density at radius 2 is 1.96 bits per heavy atom. The smallest absolute Gasteiger partial charge is 0.277 e. The highest BCUT2D eigenvalue weighted by Crippen LogP contribution is 2.24. The molecule has 1 aliphatic rings. The van der Waals surface area contributed by atoms with Crippen LogP contribution in [0.25, 0.3) is 11.5 Å². The molecule has 2 aromatic heterocycles. The predicted molar refractivity (Wildman–Crippen MR) is 105 cm³/mol. The standard InChI is InChI=1S/C19H19N5O2S/c25-17(21-15-5-7-16(8-6-15)24-10-1-2-11-24)13-27-19-23-22-18(26-19)14-4-3-9-20-12-14/h3-9,12H,1-2,10-11,13H2,(H,21,25). The molecule has 8 heteroatoms. The number of thioether (sulfide) groups is 1. The third kappa shape index (κ3) is 4.46. The van der Waals surface area contributed by atoms with Crippen LogP contribution in [-0.4, -0.2) is 39.9 Å². The van der Waals surface area contributed by atoms with Gasteiger partial charge in [0.1, 0.15) is 0 Å². The molecule has 27 heavy (non-hydrogen) atoms. The largest absolute Gasteiger partial charge is 0.411 e. The van der Waals surface area contributed by atoms with Gasteiger partial charge in [-0.15, -0.1) is 10.2 Å². The number of rotatable bonds is 6. The van der Waals surface area contributed by atoms with E-state index in [0.717, 1.165) is 24.3 Å². The molecule has 4 rings (SSSR count). The molecule has 0 bridgehead atoms. The first-order valence-electron chi connectivity index (χ1n) is 8.79. The Kier molecular flexibility index (Phi) is 5.34. The summed E-state index contributed by atoms with van der Waals surface area (Å²) in [5, 5.41) is 11.2. The third-order valence-electron chi connectivity index (χ3n) is 4.26. The average Bonchev–Trinajstić information content (AvgIpc) is 3.40. The molecule has 1 fully saturated rings. The monoisotopic (exact) mass is 381 g/mol. The van der Waals surface area contributed by atoms with Crippen molar-refractivity contribution >= 4 is 29.0 Å². The maximum absolute atomic E-state index is 12.2. The van der Waals surface area contributed by atoms with E-state index in [2.05, 4.69) is 25.4 Å². The number of nitrogens with zero attached hydrogens (tertiary/aromatic N) is 4. The second-order valence-corrected chi connectivity index (χ2v) is 7.12. The molecule has 3 heterocycles. The highest BCUT2D eigenvalue weighted by molar-refractivity contribution is 7.99. The number of nitrogens with one attached hydrogen (secondary N) is 1. The summed E-state index contributed by atoms with van der Waals surface area (Å²) < 4.78 is 5.56. The van der Waals surface area contributed by atoms with Crippen LogP contribution in [0.15, 0.2) is 58.4 Å². The van der Waals surface area contributed by atoms with Gasteiger partial charge in [0.15, 0.2) is 0 Å². The summed E-state index contributed by atoms with van der Waals surface area (Å²) in [5.74, 6) is 0.473. The van der Waals surface area contributed by atoms with Crippen molar-refractivity contribution in [2.75, 3.05) is 29.1 Å². The SMILES string of the molecule is O=C(CSc1nnc(-c2cccnc2)o1)Nc1ccc(N2CCCC2)cc1. The van der Waals surface area contributed by atoms with Crippen molar-refractivity contribution in [2.24, 2.45) is 0 Å². The van der Waals surface area contributed by atoms with Crippen LogP contribution in [0.3, 0.4) is 0 Å². The van der Waals surface area contributed by atoms with E-state index >= 15 is 0 Å². The van der Waals surface area contributed by atoms with Crippen LogP contribution in [0.2, 0.25) is 0 Å². The molecule has 0 unspecified atom stereocenters. The molecule has 0 atom stereocenters. The number of carbonyl (C=O) groups excluding carboxylic acids is 1. The maximum Gasteiger partial charge on any atom is 0.277 e. The van der Waals surface area contributed by atoms with Crippen molar-refractivity contribution in [3.63, 3.8) is 0 Å². The fourth-order valence-corrected chi connectivity index (χ4v) is 3.49. The van der Waals surface area contributed by atoms with Crippen molar-refractivity contribution in [3.8, 4) is 11.5 Å². The quantitative estimate of drug-likeness (QED) is 0.655. The lowest BCUT2D eigenvalue weighted by molar-refractivity contribution is -0.113. The van der Waals surface area contributed by atoms with E-state index in [4.69, 9.17) is 4.42 Å². The minimum atomic E-state index is -0.116. The van der Waals surface area contributed by atoms with Gasteiger partial charge in [0, 0.05) is 36.9 Å². The molecule has 0 spiro atoms. The summed E-state index contributed by atoms with van der Waals surface area (Å²) in [5.41, 5.74) is 2.73. The van der Waals surface area contributed by atoms with Crippen LogP contribution in [0.5, 0.6) is 0 Å². The number of amides is 1. The molecular formula is C19H19N5O2S. The van der Waals surface area contributed by atoms with Crippen LogP contribution >= 0.6 is 11.8 Å². The Labute approximate surface area is 161 Å². The number of carbonyl (C=O) groups is 1. The summed E-state index contributed by atoms with van der Waals surface area (Å²) in [6.45, 7) is 2.21. The molecule has 1 amide bonds. The molecule has 7 nitrogen and oxygen atoms in total. The Balaban J connectivity index is 1.29. The molecule has 1 saturated heterocycles. The van der Waals surface area contributed by atoms with E-state index in [1.165, 1.54) is 30.3 Å². The third-order valence-corrected chi connectivity index (χ3v) is 5.08. The zero-order chi connectivity index (χ0) is 18.5. The minimum absolute atomic E-state index is 0.116. The van der Waals surface area contributed by atoms with Gasteiger partial charge in [0.25, 0.3) is 5.22 Å². The Morgan fingerprint density at radius 1 is 1.15 bits per heavy atom. The van der Waals surface area contributed by atoms with E-state index in [0.29, 0.717) is 11.1 Å². The van der Waals surface area contributed by atoms with Gasteiger partial charge in [-0.1, -0.05) is 11.8 Å². The molecule has 1 aliphatic heterocycles. The lowest BCUT2D eigenvalue weighted by Gasteiger charge is -2.17. The topological polar surface area (TPSA) is 84.1 Å². The molecule has 3 aromatic rings. The van der Waals surface area contributed by atoms with Gasteiger partial charge in [-0.05, 0) is 49.2 Å². The first kappa shape index (κ1) is 17.5. The molecular weight excluding hydrogens is 362 g/mol. The van der Waals surface area contributed by atoms with Crippen molar-refractivity contribution in [1.82, 2.24) is 15.2 Å². The maximum atomic E-state index is 12.2. The molecule has 138 valence electrons. The van der Waals surface area contributed by atoms with Crippen LogP contribution in [0, 0.1) is 0 Å². The number of aromatic nitrogens is 3. The number of hydrogen-bond acceptors (Lipinski definition) is 7. The Hall–Kier alpha value is -2.87. The highest BCUT2D eigenvalue weighted by atomic mass is 32.2. The van der Waals surface area contributed by atoms with Crippen molar-refractivity contribution in [3.05, 3.63) is 48.8 Å². The minimum Gasteiger partial charge on any atom is -0.411 e. The van der Waals surface area contributed by atoms with Gasteiger partial charge in [0.2, 0.25) is 11.8 Å². The number of benzene rings is 1. The molecule has 0 aliphatic carbocycles. The normalized spacial score (nSPS) is 13.7. The number of hydrogen-bond donors (Lipinski definition) is 1. The zero-order valence-corrected chi connectivity index (χ0v) is 15.5. The fraction of sp³-hybridized carbons (Fsp3) is 0.263. The van der Waals surface area contributed by atoms with Gasteiger partial charge < -0.3 is 14.6 Å². The summed E-state index contributed by atoms with van der Waals surface area (Å²) in [6, 6.07) is 11.6. The molecule has 1 aromatic carbocycles. The van der Waals surface area contributed by atoms with Crippen molar-refractivity contribution in [2.45, 2.75) is 18.1 Å². The van der Waals surface area contributed by atoms with Gasteiger partial charge in [-0.2, -0.15) is 0 Å². The fourth-order valence-electron chi connectivity index (χ4n) is 2.93. The summed E-state index contributed by atoms with van der Waals surface area (Å²) in [4.78, 5) is 18.5. The van der Waals surface area contributed by atoms with E-state index < -0.39 is 0 Å². The van der Waals surface area contributed by atoms with E-state index in [9.17, 15) is 4.79 Å². The van der Waals surface area contributed by atoms with Crippen molar-refractivity contribution < 1.29 is 9.21 Å². The van der Waals surface area contributed by atoms with Crippen LogP contribution in [0.1, 0.15) is 12.8 Å². The molecule has 0 radical (unpaired) electrons. The van der Waals surface area contributed by atoms with E-state index in [1.807, 2.05) is 30.3 Å². The van der Waals surface area contributed by atoms with Gasteiger partial charge in [-0.25, -0.2) is 0 Å². The number of anilines is 2. The Bertz CT molecular complexity index is 892. The van der Waals surface area contributed by atoms with Crippen molar-refractivity contribution in [1.29, 1.82) is 0 Å². The number of pyridine rings is 1. The second-order valence-electron chi connectivity index (χ2n) is 6.19. The van der Waals surface area contributed by atoms with E-state index in [-0.39, 0.29) is 11.7 Å². The van der Waals surface area contributed by atoms with Gasteiger partial charge in [0.05, 0.1) is 11.3 Å². The predicted octanol–water partition coefficient (Wildman–Crippen LogP) is 3.46. The van der Waals surface area contributed by atoms with Crippen LogP contribution < -0.4 is 10.2 Å². The summed E-state index contributed by atoms with van der Waals surface area (Å²) >= 11 is 1.21. The zero-order valence-electron chi connectivity index (χ0n) is 14.7. The van der Waals surface area contributed by atoms with Gasteiger partial charge in [-0.3, -0.25) is 9.78 Å². The Morgan fingerprint density at radius 3 is 2.70 bits per heavy atom. The van der Waals surface area contributed by atoms with Crippen LogP contribution in [-0.2, 0) is 4.79 Å². The van der Waals surface area contributed by atoms with Crippen LogP contribution in [0.4, 0.5) is 11.4 Å². The first-order valence-corrected chi connectivity index (χ1v) is 9.78. The second kappa shape index (κ2) is 8.22. The lowest BCUT2D eigenvalue weighted by atomic mass is 10.2. The highest BCUT2D eigenvalue weighted by Gasteiger charge is 2.13. The van der Waals surface area contributed by atoms with Gasteiger partial charge >= 0.3 is 0 Å². The molecule has 0 saturated carbocycles. The lowest BCUT2D eigenvalue weighted by Crippen LogP contribution is -2.18.